The van der Waals surface area contributed by atoms with Crippen LogP contribution in [-0.2, 0) is 14.3 Å². The predicted molar refractivity (Wildman–Crippen MR) is 45.5 cm³/mol. The Labute approximate surface area is 73.1 Å². The van der Waals surface area contributed by atoms with Crippen LogP contribution < -0.4 is 0 Å². The van der Waals surface area contributed by atoms with Crippen LogP contribution in [0, 0.1) is 5.92 Å². The zero-order chi connectivity index (χ0) is 9.23. The highest BCUT2D eigenvalue weighted by molar-refractivity contribution is 5.55. The van der Waals surface area contributed by atoms with E-state index in [1.165, 1.54) is 32.1 Å². The minimum Gasteiger partial charge on any atom is -0.398 e. The van der Waals surface area contributed by atoms with Gasteiger partial charge in [-0.05, 0) is 5.92 Å². The molecule has 0 radical (unpaired) electrons. The van der Waals surface area contributed by atoms with E-state index in [2.05, 4.69) is 11.7 Å². The molecule has 1 rings (SSSR count). The van der Waals surface area contributed by atoms with E-state index in [-0.39, 0.29) is 12.9 Å². The monoisotopic (exact) mass is 172 g/mol. The van der Waals surface area contributed by atoms with Gasteiger partial charge in [0.2, 0.25) is 0 Å². The molecule has 0 bridgehead atoms. The van der Waals surface area contributed by atoms with Crippen molar-refractivity contribution in [1.29, 1.82) is 0 Å². The van der Waals surface area contributed by atoms with Crippen molar-refractivity contribution in [1.82, 2.24) is 0 Å². The first kappa shape index (κ1) is 11.1. The highest BCUT2D eigenvalue weighted by Crippen LogP contribution is 2.21. The van der Waals surface area contributed by atoms with E-state index in [1.54, 1.807) is 0 Å². The molecule has 3 heteroatoms. The third kappa shape index (κ3) is 7.25. The fraction of sp³-hybridized carbons (Fsp3) is 0.778. The molecule has 1 aliphatic carbocycles. The maximum absolute atomic E-state index is 8.95. The van der Waals surface area contributed by atoms with E-state index in [9.17, 15) is 0 Å². The van der Waals surface area contributed by atoms with Crippen LogP contribution in [0.4, 0.5) is 0 Å². The Morgan fingerprint density at radius 1 is 1.08 bits per heavy atom. The molecule has 0 aromatic rings. The predicted octanol–water partition coefficient (Wildman–Crippen LogP) is 1.90. The molecule has 0 N–H and O–H groups in total. The van der Waals surface area contributed by atoms with Gasteiger partial charge in [0.25, 0.3) is 0 Å². The van der Waals surface area contributed by atoms with Crippen molar-refractivity contribution in [2.45, 2.75) is 39.0 Å². The molecule has 1 fully saturated rings. The molecule has 3 nitrogen and oxygen atoms in total. The average Bonchev–Trinajstić information content (AvgIpc) is 2.08. The van der Waals surface area contributed by atoms with Crippen molar-refractivity contribution in [3.63, 3.8) is 0 Å². The smallest absolute Gasteiger partial charge is 0.300 e. The summed E-state index contributed by atoms with van der Waals surface area (Å²) in [5.41, 5.74) is 0. The Bertz CT molecular complexity index is 111. The molecule has 12 heavy (non-hydrogen) atoms. The third-order valence-corrected chi connectivity index (χ3v) is 2.00. The lowest BCUT2D eigenvalue weighted by Crippen LogP contribution is -1.99. The zero-order valence-corrected chi connectivity index (χ0v) is 7.49. The van der Waals surface area contributed by atoms with Gasteiger partial charge in [-0.25, -0.2) is 0 Å². The Morgan fingerprint density at radius 3 is 1.75 bits per heavy atom. The van der Waals surface area contributed by atoms with Crippen molar-refractivity contribution < 1.29 is 14.3 Å². The summed E-state index contributed by atoms with van der Waals surface area (Å²) in [7, 11) is 0. The van der Waals surface area contributed by atoms with Gasteiger partial charge in [0.05, 0.1) is 0 Å². The maximum Gasteiger partial charge on any atom is 0.300 e. The number of hydrogen-bond donors (Lipinski definition) is 0. The van der Waals surface area contributed by atoms with Gasteiger partial charge >= 0.3 is 12.9 Å². The number of ether oxygens (including phenoxy) is 1. The SMILES string of the molecule is CC1CCCCC1.O=COC=O. The Morgan fingerprint density at radius 2 is 1.58 bits per heavy atom. The Hall–Kier alpha value is -0.860. The molecule has 0 aromatic carbocycles. The lowest BCUT2D eigenvalue weighted by molar-refractivity contribution is -0.141. The highest BCUT2D eigenvalue weighted by Gasteiger charge is 2.05. The highest BCUT2D eigenvalue weighted by atomic mass is 16.6. The summed E-state index contributed by atoms with van der Waals surface area (Å²) >= 11 is 0. The zero-order valence-electron chi connectivity index (χ0n) is 7.49. The van der Waals surface area contributed by atoms with Crippen molar-refractivity contribution in [3.05, 3.63) is 0 Å². The van der Waals surface area contributed by atoms with Gasteiger partial charge in [-0.3, -0.25) is 9.59 Å². The van der Waals surface area contributed by atoms with Crippen molar-refractivity contribution in [2.75, 3.05) is 0 Å². The van der Waals surface area contributed by atoms with Crippen molar-refractivity contribution in [2.24, 2.45) is 5.92 Å². The second-order valence-corrected chi connectivity index (χ2v) is 3.07. The van der Waals surface area contributed by atoms with E-state index in [1.807, 2.05) is 0 Å². The Kier molecular flexibility index (Phi) is 7.65. The fourth-order valence-corrected chi connectivity index (χ4v) is 1.33. The van der Waals surface area contributed by atoms with Crippen LogP contribution in [0.15, 0.2) is 0 Å². The third-order valence-electron chi connectivity index (χ3n) is 2.00. The number of carbonyl (C=O) groups is 2. The first-order valence-electron chi connectivity index (χ1n) is 4.34. The van der Waals surface area contributed by atoms with Crippen molar-refractivity contribution in [3.8, 4) is 0 Å². The minimum atomic E-state index is 0.0625. The summed E-state index contributed by atoms with van der Waals surface area (Å²) < 4.78 is 3.47. The lowest BCUT2D eigenvalue weighted by Gasteiger charge is -2.15. The molecule has 1 aliphatic rings. The Balaban J connectivity index is 0.000000217. The van der Waals surface area contributed by atoms with Crippen LogP contribution in [0.25, 0.3) is 0 Å². The normalized spacial score (nSPS) is 17.1. The minimum absolute atomic E-state index is 0.0625. The van der Waals surface area contributed by atoms with Crippen LogP contribution in [0.1, 0.15) is 39.0 Å². The van der Waals surface area contributed by atoms with Crippen LogP contribution in [-0.4, -0.2) is 12.9 Å². The maximum atomic E-state index is 8.95. The van der Waals surface area contributed by atoms with Crippen LogP contribution in [0.3, 0.4) is 0 Å². The molecule has 0 aromatic heterocycles. The molecular formula is C9H16O3. The van der Waals surface area contributed by atoms with Gasteiger partial charge in [0.15, 0.2) is 0 Å². The molecule has 0 atom stereocenters. The van der Waals surface area contributed by atoms with E-state index >= 15 is 0 Å². The van der Waals surface area contributed by atoms with Gasteiger partial charge < -0.3 is 4.74 Å². The average molecular weight is 172 g/mol. The topological polar surface area (TPSA) is 43.4 Å². The van der Waals surface area contributed by atoms with Gasteiger partial charge in [0.1, 0.15) is 0 Å². The number of hydrogen-bond acceptors (Lipinski definition) is 3. The van der Waals surface area contributed by atoms with Crippen LogP contribution >= 0.6 is 0 Å². The molecule has 0 aliphatic heterocycles. The van der Waals surface area contributed by atoms with Gasteiger partial charge in [0, 0.05) is 0 Å². The van der Waals surface area contributed by atoms with E-state index in [0.717, 1.165) is 5.92 Å². The molecule has 0 saturated heterocycles. The second-order valence-electron chi connectivity index (χ2n) is 3.07. The van der Waals surface area contributed by atoms with E-state index < -0.39 is 0 Å². The van der Waals surface area contributed by atoms with Crippen molar-refractivity contribution >= 4 is 12.9 Å². The van der Waals surface area contributed by atoms with E-state index in [4.69, 9.17) is 9.59 Å². The second kappa shape index (κ2) is 8.24. The molecule has 0 unspecified atom stereocenters. The summed E-state index contributed by atoms with van der Waals surface area (Å²) in [6.07, 6.45) is 7.44. The summed E-state index contributed by atoms with van der Waals surface area (Å²) in [5, 5.41) is 0. The summed E-state index contributed by atoms with van der Waals surface area (Å²) in [5.74, 6) is 1.04. The quantitative estimate of drug-likeness (QED) is 0.472. The van der Waals surface area contributed by atoms with Gasteiger partial charge in [-0.2, -0.15) is 0 Å². The largest absolute Gasteiger partial charge is 0.398 e. The number of carbonyl (C=O) groups excluding carboxylic acids is 2. The van der Waals surface area contributed by atoms with E-state index in [0.29, 0.717) is 0 Å². The van der Waals surface area contributed by atoms with Gasteiger partial charge in [-0.1, -0.05) is 39.0 Å². The molecule has 70 valence electrons. The lowest BCUT2D eigenvalue weighted by atomic mass is 9.91. The first-order valence-corrected chi connectivity index (χ1v) is 4.34. The number of rotatable bonds is 2. The molecular weight excluding hydrogens is 156 g/mol. The molecule has 0 heterocycles. The summed E-state index contributed by atoms with van der Waals surface area (Å²) in [6.45, 7) is 2.49. The summed E-state index contributed by atoms with van der Waals surface area (Å²) in [6, 6.07) is 0. The molecule has 0 spiro atoms. The molecule has 1 saturated carbocycles. The van der Waals surface area contributed by atoms with Gasteiger partial charge in [-0.15, -0.1) is 0 Å². The fourth-order valence-electron chi connectivity index (χ4n) is 1.33. The van der Waals surface area contributed by atoms with Crippen LogP contribution in [0.5, 0.6) is 0 Å². The molecule has 0 amide bonds. The summed E-state index contributed by atoms with van der Waals surface area (Å²) in [4.78, 5) is 17.9. The van der Waals surface area contributed by atoms with Crippen LogP contribution in [0.2, 0.25) is 0 Å². The standard InChI is InChI=1S/C7H14.C2H2O3/c1-7-5-3-2-4-6-7;3-1-5-2-4/h7H,2-6H2,1H3;1-2H. The first-order chi connectivity index (χ1) is 5.81.